The maximum atomic E-state index is 13.1. The van der Waals surface area contributed by atoms with Gasteiger partial charge in [0.05, 0.1) is 5.52 Å². The summed E-state index contributed by atoms with van der Waals surface area (Å²) < 4.78 is 0. The fourth-order valence-electron chi connectivity index (χ4n) is 3.94. The van der Waals surface area contributed by atoms with Gasteiger partial charge in [0.15, 0.2) is 0 Å². The van der Waals surface area contributed by atoms with E-state index in [-0.39, 0.29) is 11.8 Å². The summed E-state index contributed by atoms with van der Waals surface area (Å²) in [7, 11) is 0. The maximum Gasteiger partial charge on any atom is 0.254 e. The molecule has 4 aromatic rings. The Morgan fingerprint density at radius 1 is 0.862 bits per heavy atom. The third kappa shape index (κ3) is 3.12. The Labute approximate surface area is 167 Å². The number of H-pyrrole nitrogens is 1. The number of carbonyl (C=O) groups excluding carboxylic acids is 2. The van der Waals surface area contributed by atoms with E-state index in [2.05, 4.69) is 9.97 Å². The van der Waals surface area contributed by atoms with Crippen molar-refractivity contribution in [2.24, 2.45) is 0 Å². The molecule has 1 N–H and O–H groups in total. The Kier molecular flexibility index (Phi) is 4.24. The molecule has 1 fully saturated rings. The Morgan fingerprint density at radius 3 is 2.48 bits per heavy atom. The fraction of sp³-hybridized carbons (Fsp3) is 0.174. The number of nitrogens with one attached hydrogen (secondary N) is 1. The van der Waals surface area contributed by atoms with Crippen molar-refractivity contribution >= 4 is 33.6 Å². The third-order valence-electron chi connectivity index (χ3n) is 5.53. The Morgan fingerprint density at radius 2 is 1.66 bits per heavy atom. The summed E-state index contributed by atoms with van der Waals surface area (Å²) >= 11 is 0. The first-order valence-electron chi connectivity index (χ1n) is 9.70. The molecule has 29 heavy (non-hydrogen) atoms. The predicted molar refractivity (Wildman–Crippen MR) is 112 cm³/mol. The standard InChI is InChI=1S/C23H20N4O2/c28-22(17-6-7-20-16(15-17)8-10-25-20)26-11-13-27(14-12-26)23(29)19-3-1-5-21-18(19)4-2-9-24-21/h1-10,15,25H,11-14H2. The second-order valence-corrected chi connectivity index (χ2v) is 7.24. The SMILES string of the molecule is O=C(c1ccc2[nH]ccc2c1)N1CCN(C(=O)c2cccc3ncccc23)CC1. The number of carbonyl (C=O) groups is 2. The third-order valence-corrected chi connectivity index (χ3v) is 5.53. The molecule has 0 spiro atoms. The number of fused-ring (bicyclic) bond motifs is 2. The van der Waals surface area contributed by atoms with Crippen molar-refractivity contribution in [1.82, 2.24) is 19.8 Å². The largest absolute Gasteiger partial charge is 0.361 e. The van der Waals surface area contributed by atoms with Crippen molar-refractivity contribution < 1.29 is 9.59 Å². The molecule has 3 heterocycles. The van der Waals surface area contributed by atoms with E-state index in [1.54, 1.807) is 6.20 Å². The molecular weight excluding hydrogens is 364 g/mol. The van der Waals surface area contributed by atoms with Crippen LogP contribution in [0.2, 0.25) is 0 Å². The van der Waals surface area contributed by atoms with Crippen molar-refractivity contribution in [2.75, 3.05) is 26.2 Å². The number of amides is 2. The number of benzene rings is 2. The van der Waals surface area contributed by atoms with E-state index in [4.69, 9.17) is 0 Å². The van der Waals surface area contributed by atoms with Crippen LogP contribution in [0.5, 0.6) is 0 Å². The van der Waals surface area contributed by atoms with Crippen molar-refractivity contribution in [3.63, 3.8) is 0 Å². The van der Waals surface area contributed by atoms with Crippen LogP contribution in [-0.2, 0) is 0 Å². The van der Waals surface area contributed by atoms with Crippen LogP contribution in [0.3, 0.4) is 0 Å². The first-order chi connectivity index (χ1) is 14.2. The highest BCUT2D eigenvalue weighted by atomic mass is 16.2. The first kappa shape index (κ1) is 17.4. The van der Waals surface area contributed by atoms with E-state index in [1.165, 1.54) is 0 Å². The highest BCUT2D eigenvalue weighted by Crippen LogP contribution is 2.20. The van der Waals surface area contributed by atoms with Crippen molar-refractivity contribution in [3.05, 3.63) is 78.1 Å². The molecule has 1 aliphatic heterocycles. The number of hydrogen-bond acceptors (Lipinski definition) is 3. The minimum absolute atomic E-state index is 0.00885. The van der Waals surface area contributed by atoms with Gasteiger partial charge in [-0.3, -0.25) is 14.6 Å². The highest BCUT2D eigenvalue weighted by molar-refractivity contribution is 6.06. The number of piperazine rings is 1. The van der Waals surface area contributed by atoms with Gasteiger partial charge in [0.25, 0.3) is 11.8 Å². The molecule has 2 aromatic heterocycles. The van der Waals surface area contributed by atoms with Crippen molar-refractivity contribution in [1.29, 1.82) is 0 Å². The van der Waals surface area contributed by atoms with E-state index < -0.39 is 0 Å². The van der Waals surface area contributed by atoms with Gasteiger partial charge in [-0.05, 0) is 42.5 Å². The van der Waals surface area contributed by atoms with E-state index in [0.29, 0.717) is 37.3 Å². The quantitative estimate of drug-likeness (QED) is 0.576. The number of hydrogen-bond donors (Lipinski definition) is 1. The summed E-state index contributed by atoms with van der Waals surface area (Å²) in [6.45, 7) is 2.10. The summed E-state index contributed by atoms with van der Waals surface area (Å²) in [5, 5.41) is 1.88. The lowest BCUT2D eigenvalue weighted by atomic mass is 10.1. The smallest absolute Gasteiger partial charge is 0.254 e. The molecule has 2 amide bonds. The monoisotopic (exact) mass is 384 g/mol. The number of nitrogens with zero attached hydrogens (tertiary/aromatic N) is 3. The molecule has 0 atom stereocenters. The van der Waals surface area contributed by atoms with Gasteiger partial charge in [0, 0.05) is 66.0 Å². The number of pyridine rings is 1. The number of aromatic amines is 1. The highest BCUT2D eigenvalue weighted by Gasteiger charge is 2.26. The summed E-state index contributed by atoms with van der Waals surface area (Å²) in [5.41, 5.74) is 3.17. The molecule has 1 aliphatic rings. The zero-order valence-corrected chi connectivity index (χ0v) is 15.8. The Bertz CT molecular complexity index is 1220. The molecule has 144 valence electrons. The minimum Gasteiger partial charge on any atom is -0.361 e. The van der Waals surface area contributed by atoms with Gasteiger partial charge in [-0.1, -0.05) is 12.1 Å². The summed E-state index contributed by atoms with van der Waals surface area (Å²) in [6, 6.07) is 17.0. The molecule has 2 aromatic carbocycles. The van der Waals surface area contributed by atoms with Gasteiger partial charge in [-0.25, -0.2) is 0 Å². The van der Waals surface area contributed by atoms with Crippen LogP contribution in [0.25, 0.3) is 21.8 Å². The fourth-order valence-corrected chi connectivity index (χ4v) is 3.94. The molecule has 6 nitrogen and oxygen atoms in total. The lowest BCUT2D eigenvalue weighted by molar-refractivity contribution is 0.0536. The van der Waals surface area contributed by atoms with Crippen LogP contribution in [0.1, 0.15) is 20.7 Å². The van der Waals surface area contributed by atoms with E-state index in [0.717, 1.165) is 21.8 Å². The lowest BCUT2D eigenvalue weighted by Gasteiger charge is -2.35. The second kappa shape index (κ2) is 7.05. The second-order valence-electron chi connectivity index (χ2n) is 7.24. The lowest BCUT2D eigenvalue weighted by Crippen LogP contribution is -2.50. The van der Waals surface area contributed by atoms with Gasteiger partial charge >= 0.3 is 0 Å². The zero-order valence-electron chi connectivity index (χ0n) is 15.8. The molecule has 0 bridgehead atoms. The molecule has 5 rings (SSSR count). The van der Waals surface area contributed by atoms with Gasteiger partial charge in [0.2, 0.25) is 0 Å². The van der Waals surface area contributed by atoms with E-state index >= 15 is 0 Å². The molecule has 1 saturated heterocycles. The van der Waals surface area contributed by atoms with E-state index in [9.17, 15) is 9.59 Å². The van der Waals surface area contributed by atoms with Crippen LogP contribution < -0.4 is 0 Å². The molecule has 0 radical (unpaired) electrons. The van der Waals surface area contributed by atoms with Crippen molar-refractivity contribution in [3.8, 4) is 0 Å². The van der Waals surface area contributed by atoms with Gasteiger partial charge in [0.1, 0.15) is 0 Å². The Hall–Kier alpha value is -3.67. The zero-order chi connectivity index (χ0) is 19.8. The maximum absolute atomic E-state index is 13.1. The Balaban J connectivity index is 1.30. The number of rotatable bonds is 2. The van der Waals surface area contributed by atoms with Crippen LogP contribution in [0.15, 0.2) is 67.0 Å². The van der Waals surface area contributed by atoms with Crippen molar-refractivity contribution in [2.45, 2.75) is 0 Å². The topological polar surface area (TPSA) is 69.3 Å². The molecule has 0 unspecified atom stereocenters. The normalized spacial score (nSPS) is 14.5. The van der Waals surface area contributed by atoms with E-state index in [1.807, 2.05) is 70.6 Å². The number of aromatic nitrogens is 2. The summed E-state index contributed by atoms with van der Waals surface area (Å²) in [4.78, 5) is 37.1. The van der Waals surface area contributed by atoms with Crippen LogP contribution in [0, 0.1) is 0 Å². The predicted octanol–water partition coefficient (Wildman–Crippen LogP) is 3.31. The average Bonchev–Trinajstić information content (AvgIpc) is 3.26. The van der Waals surface area contributed by atoms with Crippen LogP contribution >= 0.6 is 0 Å². The summed E-state index contributed by atoms with van der Waals surface area (Å²) in [5.74, 6) is -0.000925. The minimum atomic E-state index is -0.00978. The molecule has 0 aliphatic carbocycles. The first-order valence-corrected chi connectivity index (χ1v) is 9.70. The van der Waals surface area contributed by atoms with Crippen LogP contribution in [-0.4, -0.2) is 57.8 Å². The van der Waals surface area contributed by atoms with Gasteiger partial charge in [-0.15, -0.1) is 0 Å². The molecule has 0 saturated carbocycles. The molecular formula is C23H20N4O2. The molecule has 6 heteroatoms. The van der Waals surface area contributed by atoms with Gasteiger partial charge in [-0.2, -0.15) is 0 Å². The summed E-state index contributed by atoms with van der Waals surface area (Å²) in [6.07, 6.45) is 3.60. The van der Waals surface area contributed by atoms with Gasteiger partial charge < -0.3 is 14.8 Å². The van der Waals surface area contributed by atoms with Crippen LogP contribution in [0.4, 0.5) is 0 Å². The average molecular weight is 384 g/mol.